The Bertz CT molecular complexity index is 658. The second kappa shape index (κ2) is 4.72. The van der Waals surface area contributed by atoms with Crippen molar-refractivity contribution in [3.05, 3.63) is 24.4 Å². The zero-order chi connectivity index (χ0) is 14.4. The summed E-state index contributed by atoms with van der Waals surface area (Å²) in [5.74, 6) is 1.31. The summed E-state index contributed by atoms with van der Waals surface area (Å²) in [6, 6.07) is 0.865. The average molecular weight is 284 g/mol. The Morgan fingerprint density at radius 3 is 2.86 bits per heavy atom. The number of nitrogens with two attached hydrogens (primary N) is 1. The molecule has 2 aromatic heterocycles. The van der Waals surface area contributed by atoms with E-state index < -0.39 is 0 Å². The third kappa shape index (κ3) is 1.81. The van der Waals surface area contributed by atoms with Crippen molar-refractivity contribution in [1.82, 2.24) is 19.5 Å². The smallest absolute Gasteiger partial charge is 0.222 e. The van der Waals surface area contributed by atoms with Crippen LogP contribution in [0, 0.1) is 0 Å². The molecule has 3 heterocycles. The van der Waals surface area contributed by atoms with E-state index in [-0.39, 0.29) is 0 Å². The van der Waals surface area contributed by atoms with E-state index in [0.717, 1.165) is 17.9 Å². The van der Waals surface area contributed by atoms with Crippen LogP contribution < -0.4 is 10.6 Å². The lowest BCUT2D eigenvalue weighted by molar-refractivity contribution is 0.479. The molecule has 2 N–H and O–H groups in total. The number of fused-ring (bicyclic) bond motifs is 3. The molecule has 6 nitrogen and oxygen atoms in total. The highest BCUT2D eigenvalue weighted by atomic mass is 15.3. The molecule has 1 atom stereocenters. The lowest BCUT2D eigenvalue weighted by atomic mass is 10.0. The van der Waals surface area contributed by atoms with Crippen LogP contribution in [0.15, 0.2) is 18.7 Å². The van der Waals surface area contributed by atoms with Gasteiger partial charge < -0.3 is 10.6 Å². The topological polar surface area (TPSA) is 72.9 Å². The van der Waals surface area contributed by atoms with E-state index in [4.69, 9.17) is 5.73 Å². The fourth-order valence-corrected chi connectivity index (χ4v) is 3.80. The van der Waals surface area contributed by atoms with Crippen LogP contribution in [-0.4, -0.2) is 25.6 Å². The second-order valence-corrected chi connectivity index (χ2v) is 5.90. The first-order chi connectivity index (χ1) is 10.3. The van der Waals surface area contributed by atoms with E-state index in [2.05, 4.69) is 31.3 Å². The molecule has 1 aliphatic heterocycles. The Labute approximate surface area is 124 Å². The highest BCUT2D eigenvalue weighted by Gasteiger charge is 2.37. The fraction of sp³-hybridized carbons (Fsp3) is 0.533. The summed E-state index contributed by atoms with van der Waals surface area (Å²) in [4.78, 5) is 15.5. The van der Waals surface area contributed by atoms with Crippen LogP contribution in [0.5, 0.6) is 0 Å². The maximum Gasteiger partial charge on any atom is 0.222 e. The minimum absolute atomic E-state index is 0.317. The van der Waals surface area contributed by atoms with Crippen molar-refractivity contribution in [3.63, 3.8) is 0 Å². The summed E-state index contributed by atoms with van der Waals surface area (Å²) in [5, 5.41) is 0. The van der Waals surface area contributed by atoms with Crippen LogP contribution in [0.3, 0.4) is 0 Å². The van der Waals surface area contributed by atoms with Gasteiger partial charge in [0, 0.05) is 6.04 Å². The second-order valence-electron chi connectivity index (χ2n) is 5.90. The van der Waals surface area contributed by atoms with Gasteiger partial charge in [0.25, 0.3) is 0 Å². The minimum atomic E-state index is 0.317. The van der Waals surface area contributed by atoms with Gasteiger partial charge in [0.15, 0.2) is 5.82 Å². The van der Waals surface area contributed by atoms with E-state index >= 15 is 0 Å². The van der Waals surface area contributed by atoms with Crippen molar-refractivity contribution in [1.29, 1.82) is 0 Å². The van der Waals surface area contributed by atoms with Gasteiger partial charge in [0.1, 0.15) is 5.69 Å². The molecule has 21 heavy (non-hydrogen) atoms. The summed E-state index contributed by atoms with van der Waals surface area (Å²) >= 11 is 0. The van der Waals surface area contributed by atoms with Crippen LogP contribution in [0.4, 0.5) is 11.8 Å². The summed E-state index contributed by atoms with van der Waals surface area (Å²) in [6.07, 6.45) is 11.7. The van der Waals surface area contributed by atoms with Gasteiger partial charge in [-0.1, -0.05) is 19.8 Å². The largest absolute Gasteiger partial charge is 0.368 e. The summed E-state index contributed by atoms with van der Waals surface area (Å²) in [5.41, 5.74) is 8.07. The summed E-state index contributed by atoms with van der Waals surface area (Å²) in [7, 11) is 0. The number of nitrogens with zero attached hydrogens (tertiary/aromatic N) is 5. The van der Waals surface area contributed by atoms with Gasteiger partial charge in [-0.05, 0) is 19.3 Å². The molecule has 1 fully saturated rings. The molecule has 1 saturated carbocycles. The van der Waals surface area contributed by atoms with Gasteiger partial charge >= 0.3 is 0 Å². The molecule has 0 saturated heterocycles. The van der Waals surface area contributed by atoms with Crippen LogP contribution in [-0.2, 0) is 0 Å². The molecular formula is C15H20N6. The zero-order valence-electron chi connectivity index (χ0n) is 12.2. The van der Waals surface area contributed by atoms with Gasteiger partial charge in [-0.15, -0.1) is 0 Å². The Balaban J connectivity index is 1.91. The predicted molar refractivity (Wildman–Crippen MR) is 81.3 cm³/mol. The van der Waals surface area contributed by atoms with E-state index in [1.165, 1.54) is 31.4 Å². The number of hydrogen-bond acceptors (Lipinski definition) is 5. The third-order valence-electron chi connectivity index (χ3n) is 4.72. The van der Waals surface area contributed by atoms with Crippen molar-refractivity contribution in [2.45, 2.75) is 51.1 Å². The van der Waals surface area contributed by atoms with Crippen molar-refractivity contribution in [2.24, 2.45) is 0 Å². The standard InChI is InChI=1S/C15H20N6/c1-2-11-12-7-17-9-20(12)13-8-18-15(16)19-14(13)21(11)10-5-3-4-6-10/h7-11H,2-6H2,1H3,(H2,16,18,19)/t11-/m1/s1. The van der Waals surface area contributed by atoms with E-state index in [1.54, 1.807) is 0 Å². The first kappa shape index (κ1) is 12.6. The van der Waals surface area contributed by atoms with Crippen molar-refractivity contribution >= 4 is 11.8 Å². The average Bonchev–Trinajstić information content (AvgIpc) is 3.16. The highest BCUT2D eigenvalue weighted by Crippen LogP contribution is 2.43. The minimum Gasteiger partial charge on any atom is -0.368 e. The van der Waals surface area contributed by atoms with Crippen LogP contribution in [0.2, 0.25) is 0 Å². The number of anilines is 2. The summed E-state index contributed by atoms with van der Waals surface area (Å²) in [6.45, 7) is 2.22. The Morgan fingerprint density at radius 1 is 1.29 bits per heavy atom. The Kier molecular flexibility index (Phi) is 2.83. The number of imidazole rings is 1. The number of rotatable bonds is 2. The van der Waals surface area contributed by atoms with Crippen LogP contribution in [0.25, 0.3) is 5.69 Å². The monoisotopic (exact) mass is 284 g/mol. The molecule has 2 aliphatic rings. The molecule has 110 valence electrons. The van der Waals surface area contributed by atoms with Crippen LogP contribution in [0.1, 0.15) is 50.8 Å². The van der Waals surface area contributed by atoms with Gasteiger partial charge in [-0.3, -0.25) is 4.57 Å². The maximum atomic E-state index is 5.85. The van der Waals surface area contributed by atoms with Crippen molar-refractivity contribution in [3.8, 4) is 5.69 Å². The molecule has 0 amide bonds. The molecule has 0 unspecified atom stereocenters. The zero-order valence-corrected chi connectivity index (χ0v) is 12.2. The molecule has 4 rings (SSSR count). The molecule has 0 bridgehead atoms. The first-order valence-corrected chi connectivity index (χ1v) is 7.73. The summed E-state index contributed by atoms with van der Waals surface area (Å²) < 4.78 is 2.11. The third-order valence-corrected chi connectivity index (χ3v) is 4.72. The normalized spacial score (nSPS) is 21.4. The molecule has 0 spiro atoms. The Hall–Kier alpha value is -2.11. The van der Waals surface area contributed by atoms with Crippen molar-refractivity contribution < 1.29 is 0 Å². The fourth-order valence-electron chi connectivity index (χ4n) is 3.80. The Morgan fingerprint density at radius 2 is 2.10 bits per heavy atom. The van der Waals surface area contributed by atoms with Gasteiger partial charge in [-0.25, -0.2) is 9.97 Å². The van der Waals surface area contributed by atoms with Gasteiger partial charge in [0.05, 0.1) is 30.5 Å². The lowest BCUT2D eigenvalue weighted by Gasteiger charge is -2.41. The molecule has 0 radical (unpaired) electrons. The predicted octanol–water partition coefficient (Wildman–Crippen LogP) is 2.46. The number of aromatic nitrogens is 4. The highest BCUT2D eigenvalue weighted by molar-refractivity contribution is 5.63. The van der Waals surface area contributed by atoms with Gasteiger partial charge in [0.2, 0.25) is 5.95 Å². The van der Waals surface area contributed by atoms with E-state index in [1.807, 2.05) is 18.7 Å². The van der Waals surface area contributed by atoms with E-state index in [0.29, 0.717) is 18.0 Å². The maximum absolute atomic E-state index is 5.85. The molecule has 0 aromatic carbocycles. The van der Waals surface area contributed by atoms with Gasteiger partial charge in [-0.2, -0.15) is 4.98 Å². The quantitative estimate of drug-likeness (QED) is 0.917. The SMILES string of the molecule is CC[C@@H]1c2cncn2-c2cnc(N)nc2N1C1CCCC1. The van der Waals surface area contributed by atoms with Crippen LogP contribution >= 0.6 is 0 Å². The van der Waals surface area contributed by atoms with Crippen molar-refractivity contribution in [2.75, 3.05) is 10.6 Å². The van der Waals surface area contributed by atoms with E-state index in [9.17, 15) is 0 Å². The molecular weight excluding hydrogens is 264 g/mol. The number of hydrogen-bond donors (Lipinski definition) is 1. The molecule has 6 heteroatoms. The first-order valence-electron chi connectivity index (χ1n) is 7.73. The number of nitrogen functional groups attached to an aromatic ring is 1. The molecule has 1 aliphatic carbocycles. The molecule has 2 aromatic rings. The lowest BCUT2D eigenvalue weighted by Crippen LogP contribution is -2.41.